The molecule has 2 heterocycles. The Balaban J connectivity index is 0.00000117. The number of nitrogens with zero attached hydrogens (tertiary/aromatic N) is 1. The van der Waals surface area contributed by atoms with E-state index in [-0.39, 0.29) is 5.43 Å². The Labute approximate surface area is 159 Å². The van der Waals surface area contributed by atoms with E-state index in [1.807, 2.05) is 34.6 Å². The molecule has 0 aliphatic carbocycles. The summed E-state index contributed by atoms with van der Waals surface area (Å²) in [6, 6.07) is 8.44. The molecule has 3 rings (SSSR count). The number of hydrogen-bond acceptors (Lipinski definition) is 3. The predicted molar refractivity (Wildman–Crippen MR) is 113 cm³/mol. The monoisotopic (exact) mass is 371 g/mol. The molecule has 4 heteroatoms. The first-order valence-electron chi connectivity index (χ1n) is 9.17. The van der Waals surface area contributed by atoms with E-state index >= 15 is 0 Å². The quantitative estimate of drug-likeness (QED) is 0.667. The van der Waals surface area contributed by atoms with Gasteiger partial charge in [0, 0.05) is 22.7 Å². The highest BCUT2D eigenvalue weighted by Crippen LogP contribution is 2.31. The van der Waals surface area contributed by atoms with Gasteiger partial charge in [0.2, 0.25) is 0 Å². The molecule has 1 unspecified atom stereocenters. The van der Waals surface area contributed by atoms with E-state index in [0.29, 0.717) is 12.1 Å². The lowest BCUT2D eigenvalue weighted by molar-refractivity contribution is 0.196. The molecule has 0 aliphatic rings. The fraction of sp³-hybridized carbons (Fsp3) is 0.409. The van der Waals surface area contributed by atoms with Crippen LogP contribution < -0.4 is 5.43 Å². The van der Waals surface area contributed by atoms with Crippen molar-refractivity contribution in [2.45, 2.75) is 61.1 Å². The second-order valence-corrected chi connectivity index (χ2v) is 7.74. The molecule has 0 amide bonds. The minimum Gasteiger partial charge on any atom is -0.388 e. The SMILES string of the molecule is CC.Cc1ccc(Cn2c(C)c(C(C)O)c(=O)c3c(C)c(C)sc32)cc1. The highest BCUT2D eigenvalue weighted by atomic mass is 32.1. The third kappa shape index (κ3) is 3.62. The van der Waals surface area contributed by atoms with Crippen LogP contribution in [0.15, 0.2) is 29.1 Å². The van der Waals surface area contributed by atoms with E-state index in [1.165, 1.54) is 11.1 Å². The topological polar surface area (TPSA) is 42.2 Å². The van der Waals surface area contributed by atoms with Crippen molar-refractivity contribution in [3.8, 4) is 0 Å². The summed E-state index contributed by atoms with van der Waals surface area (Å²) in [5, 5.41) is 10.9. The first kappa shape index (κ1) is 20.4. The number of hydrogen-bond donors (Lipinski definition) is 1. The van der Waals surface area contributed by atoms with Gasteiger partial charge in [-0.1, -0.05) is 43.7 Å². The largest absolute Gasteiger partial charge is 0.388 e. The molecule has 140 valence electrons. The Bertz CT molecular complexity index is 963. The zero-order valence-corrected chi connectivity index (χ0v) is 17.6. The van der Waals surface area contributed by atoms with Crippen molar-refractivity contribution in [2.24, 2.45) is 0 Å². The van der Waals surface area contributed by atoms with Crippen LogP contribution in [-0.2, 0) is 6.54 Å². The van der Waals surface area contributed by atoms with Crippen LogP contribution in [0.4, 0.5) is 0 Å². The van der Waals surface area contributed by atoms with Crippen molar-refractivity contribution in [3.05, 3.63) is 67.3 Å². The molecule has 3 nitrogen and oxygen atoms in total. The number of thiophene rings is 1. The van der Waals surface area contributed by atoms with E-state index in [1.54, 1.807) is 18.3 Å². The van der Waals surface area contributed by atoms with Gasteiger partial charge in [-0.15, -0.1) is 11.3 Å². The molecule has 1 atom stereocenters. The van der Waals surface area contributed by atoms with Crippen molar-refractivity contribution in [1.82, 2.24) is 4.57 Å². The molecule has 1 N–H and O–H groups in total. The molecule has 0 bridgehead atoms. The lowest BCUT2D eigenvalue weighted by Crippen LogP contribution is -2.20. The van der Waals surface area contributed by atoms with Crippen LogP contribution in [0.5, 0.6) is 0 Å². The summed E-state index contributed by atoms with van der Waals surface area (Å²) in [6.07, 6.45) is -0.772. The van der Waals surface area contributed by atoms with Crippen LogP contribution in [0.25, 0.3) is 10.2 Å². The summed E-state index contributed by atoms with van der Waals surface area (Å²) in [5.41, 5.74) is 4.78. The maximum atomic E-state index is 12.9. The van der Waals surface area contributed by atoms with Gasteiger partial charge >= 0.3 is 0 Å². The zero-order chi connectivity index (χ0) is 19.6. The van der Waals surface area contributed by atoms with E-state index in [2.05, 4.69) is 35.8 Å². The lowest BCUT2D eigenvalue weighted by atomic mass is 10.0. The molecule has 26 heavy (non-hydrogen) atoms. The second-order valence-electron chi connectivity index (χ2n) is 6.54. The molecule has 2 aromatic heterocycles. The Morgan fingerprint density at radius 1 is 1.08 bits per heavy atom. The summed E-state index contributed by atoms with van der Waals surface area (Å²) < 4.78 is 2.17. The van der Waals surface area contributed by atoms with Crippen LogP contribution in [0.1, 0.15) is 59.7 Å². The fourth-order valence-electron chi connectivity index (χ4n) is 3.22. The highest BCUT2D eigenvalue weighted by Gasteiger charge is 2.21. The average molecular weight is 372 g/mol. The van der Waals surface area contributed by atoms with Crippen molar-refractivity contribution >= 4 is 21.6 Å². The van der Waals surface area contributed by atoms with Crippen LogP contribution in [-0.4, -0.2) is 9.67 Å². The summed E-state index contributed by atoms with van der Waals surface area (Å²) in [4.78, 5) is 15.1. The number of aliphatic hydroxyl groups is 1. The molecule has 0 saturated carbocycles. The Morgan fingerprint density at radius 3 is 2.19 bits per heavy atom. The standard InChI is InChI=1S/C20H23NO2S.C2H6/c1-11-6-8-16(9-7-11)10-21-13(3)18(14(4)22)19(23)17-12(2)15(5)24-20(17)21;1-2/h6-9,14,22H,10H2,1-5H3;1-2H3. The van der Waals surface area contributed by atoms with Crippen molar-refractivity contribution in [1.29, 1.82) is 0 Å². The summed E-state index contributed by atoms with van der Waals surface area (Å²) >= 11 is 1.66. The number of pyridine rings is 1. The third-order valence-electron chi connectivity index (χ3n) is 4.76. The molecule has 0 aliphatic heterocycles. The van der Waals surface area contributed by atoms with Gasteiger partial charge in [-0.2, -0.15) is 0 Å². The minimum atomic E-state index is -0.772. The smallest absolute Gasteiger partial charge is 0.196 e. The van der Waals surface area contributed by atoms with Crippen LogP contribution in [0.2, 0.25) is 0 Å². The van der Waals surface area contributed by atoms with Gasteiger partial charge < -0.3 is 9.67 Å². The van der Waals surface area contributed by atoms with Crippen molar-refractivity contribution < 1.29 is 5.11 Å². The highest BCUT2D eigenvalue weighted by molar-refractivity contribution is 7.18. The third-order valence-corrected chi connectivity index (χ3v) is 5.99. The molecule has 0 saturated heterocycles. The van der Waals surface area contributed by atoms with E-state index in [4.69, 9.17) is 0 Å². The van der Waals surface area contributed by atoms with E-state index < -0.39 is 6.10 Å². The van der Waals surface area contributed by atoms with Gasteiger partial charge in [0.15, 0.2) is 5.43 Å². The molecular weight excluding hydrogens is 342 g/mol. The first-order valence-corrected chi connectivity index (χ1v) is 9.99. The van der Waals surface area contributed by atoms with E-state index in [0.717, 1.165) is 26.4 Å². The van der Waals surface area contributed by atoms with Crippen LogP contribution in [0, 0.1) is 27.7 Å². The van der Waals surface area contributed by atoms with E-state index in [9.17, 15) is 9.90 Å². The van der Waals surface area contributed by atoms with Crippen LogP contribution >= 0.6 is 11.3 Å². The molecule has 3 aromatic rings. The van der Waals surface area contributed by atoms with Crippen LogP contribution in [0.3, 0.4) is 0 Å². The zero-order valence-electron chi connectivity index (χ0n) is 16.8. The molecule has 1 aromatic carbocycles. The number of aryl methyl sites for hydroxylation is 3. The normalized spacial score (nSPS) is 12.0. The van der Waals surface area contributed by atoms with Gasteiger partial charge in [-0.3, -0.25) is 4.79 Å². The second kappa shape index (κ2) is 8.19. The summed E-state index contributed by atoms with van der Waals surface area (Å²) in [6.45, 7) is 14.4. The maximum absolute atomic E-state index is 12.9. The Hall–Kier alpha value is -1.91. The van der Waals surface area contributed by atoms with Gasteiger partial charge in [-0.05, 0) is 45.7 Å². The number of benzene rings is 1. The predicted octanol–water partition coefficient (Wildman–Crippen LogP) is 5.42. The molecule has 0 spiro atoms. The van der Waals surface area contributed by atoms with Gasteiger partial charge in [0.25, 0.3) is 0 Å². The van der Waals surface area contributed by atoms with Gasteiger partial charge in [0.05, 0.1) is 11.5 Å². The van der Waals surface area contributed by atoms with Gasteiger partial charge in [0.1, 0.15) is 4.83 Å². The number of fused-ring (bicyclic) bond motifs is 1. The first-order chi connectivity index (χ1) is 12.3. The number of aliphatic hydroxyl groups excluding tert-OH is 1. The Morgan fingerprint density at radius 2 is 1.65 bits per heavy atom. The summed E-state index contributed by atoms with van der Waals surface area (Å²) in [5.74, 6) is 0. The lowest BCUT2D eigenvalue weighted by Gasteiger charge is -2.18. The van der Waals surface area contributed by atoms with Gasteiger partial charge in [-0.25, -0.2) is 0 Å². The minimum absolute atomic E-state index is 0.0282. The molecular formula is C22H29NO2S. The number of aromatic nitrogens is 1. The van der Waals surface area contributed by atoms with Crippen molar-refractivity contribution in [3.63, 3.8) is 0 Å². The van der Waals surface area contributed by atoms with Crippen molar-refractivity contribution in [2.75, 3.05) is 0 Å². The summed E-state index contributed by atoms with van der Waals surface area (Å²) in [7, 11) is 0. The fourth-order valence-corrected chi connectivity index (χ4v) is 4.43. The maximum Gasteiger partial charge on any atom is 0.196 e. The molecule has 0 fully saturated rings. The average Bonchev–Trinajstić information content (AvgIpc) is 2.90. The Kier molecular flexibility index (Phi) is 6.43. The molecule has 0 radical (unpaired) electrons. The number of rotatable bonds is 3.